The molecule has 2 rings (SSSR count). The average molecular weight is 323 g/mol. The molecule has 0 amide bonds. The van der Waals surface area contributed by atoms with Crippen LogP contribution in [0.5, 0.6) is 5.75 Å². The summed E-state index contributed by atoms with van der Waals surface area (Å²) >= 11 is 3.44. The molecule has 4 heteroatoms. The Balaban J connectivity index is 1.91. The minimum absolute atomic E-state index is 0.203. The summed E-state index contributed by atoms with van der Waals surface area (Å²) in [5.41, 5.74) is 0. The average Bonchev–Trinajstić information content (AvgIpc) is 2.38. The number of benzene rings is 2. The van der Waals surface area contributed by atoms with Crippen LogP contribution in [-0.2, 0) is 4.79 Å². The molecule has 0 unspecified atom stereocenters. The first-order chi connectivity index (χ1) is 9.15. The zero-order valence-electron chi connectivity index (χ0n) is 10.4. The zero-order valence-corrected chi connectivity index (χ0v) is 12.0. The Labute approximate surface area is 120 Å². The van der Waals surface area contributed by atoms with Crippen molar-refractivity contribution in [2.75, 3.05) is 6.61 Å². The molecule has 19 heavy (non-hydrogen) atoms. The molecular weight excluding hydrogens is 308 g/mol. The van der Waals surface area contributed by atoms with Crippen LogP contribution in [0.25, 0.3) is 10.8 Å². The quantitative estimate of drug-likeness (QED) is 0.809. The summed E-state index contributed by atoms with van der Waals surface area (Å²) in [5.74, 6) is 0.0708. The molecule has 3 nitrogen and oxygen atoms in total. The van der Waals surface area contributed by atoms with Crippen molar-refractivity contribution in [3.8, 4) is 5.75 Å². The van der Waals surface area contributed by atoms with Gasteiger partial charge in [-0.2, -0.15) is 0 Å². The highest BCUT2D eigenvalue weighted by atomic mass is 79.9. The lowest BCUT2D eigenvalue weighted by atomic mass is 10.1. The molecule has 0 aliphatic rings. The van der Waals surface area contributed by atoms with Gasteiger partial charge in [-0.15, -0.1) is 0 Å². The Morgan fingerprint density at radius 2 is 1.84 bits per heavy atom. The van der Waals surface area contributed by atoms with Gasteiger partial charge in [-0.05, 0) is 47.9 Å². The Hall–Kier alpha value is -1.55. The largest absolute Gasteiger partial charge is 0.494 e. The van der Waals surface area contributed by atoms with Crippen LogP contribution in [-0.4, -0.2) is 17.7 Å². The van der Waals surface area contributed by atoms with Crippen LogP contribution in [0.1, 0.15) is 19.3 Å². The SMILES string of the molecule is O=C(O)CCCCOc1ccc2cc(Br)ccc2c1. The van der Waals surface area contributed by atoms with Crippen LogP contribution in [0.15, 0.2) is 40.9 Å². The maximum Gasteiger partial charge on any atom is 0.303 e. The van der Waals surface area contributed by atoms with E-state index in [0.717, 1.165) is 27.4 Å². The molecule has 0 atom stereocenters. The Morgan fingerprint density at radius 1 is 1.11 bits per heavy atom. The maximum absolute atomic E-state index is 10.4. The second-order valence-corrected chi connectivity index (χ2v) is 5.27. The van der Waals surface area contributed by atoms with Gasteiger partial charge >= 0.3 is 5.97 Å². The molecule has 0 aliphatic carbocycles. The molecule has 2 aromatic carbocycles. The summed E-state index contributed by atoms with van der Waals surface area (Å²) in [4.78, 5) is 10.4. The van der Waals surface area contributed by atoms with Crippen LogP contribution < -0.4 is 4.74 Å². The van der Waals surface area contributed by atoms with Gasteiger partial charge in [0, 0.05) is 10.9 Å². The van der Waals surface area contributed by atoms with Gasteiger partial charge in [0.05, 0.1) is 6.61 Å². The van der Waals surface area contributed by atoms with Gasteiger partial charge in [0.2, 0.25) is 0 Å². The van der Waals surface area contributed by atoms with E-state index >= 15 is 0 Å². The van der Waals surface area contributed by atoms with Crippen LogP contribution >= 0.6 is 15.9 Å². The fourth-order valence-corrected chi connectivity index (χ4v) is 2.23. The number of carboxylic acid groups (broad SMARTS) is 1. The van der Waals surface area contributed by atoms with Crippen molar-refractivity contribution in [2.24, 2.45) is 0 Å². The fraction of sp³-hybridized carbons (Fsp3) is 0.267. The molecule has 0 fully saturated rings. The normalized spacial score (nSPS) is 10.6. The second-order valence-electron chi connectivity index (χ2n) is 4.35. The molecule has 2 aromatic rings. The lowest BCUT2D eigenvalue weighted by molar-refractivity contribution is -0.137. The van der Waals surface area contributed by atoms with E-state index in [2.05, 4.69) is 22.0 Å². The van der Waals surface area contributed by atoms with Crippen molar-refractivity contribution in [2.45, 2.75) is 19.3 Å². The Morgan fingerprint density at radius 3 is 2.63 bits per heavy atom. The molecule has 1 N–H and O–H groups in total. The molecule has 100 valence electrons. The first kappa shape index (κ1) is 13.9. The Bertz CT molecular complexity index is 581. The predicted molar refractivity (Wildman–Crippen MR) is 78.6 cm³/mol. The highest BCUT2D eigenvalue weighted by Crippen LogP contribution is 2.24. The highest BCUT2D eigenvalue weighted by Gasteiger charge is 2.00. The minimum Gasteiger partial charge on any atom is -0.494 e. The van der Waals surface area contributed by atoms with Gasteiger partial charge < -0.3 is 9.84 Å². The van der Waals surface area contributed by atoms with Crippen LogP contribution in [0.2, 0.25) is 0 Å². The number of aliphatic carboxylic acids is 1. The van der Waals surface area contributed by atoms with Crippen LogP contribution in [0, 0.1) is 0 Å². The second kappa shape index (κ2) is 6.57. The van der Waals surface area contributed by atoms with Gasteiger partial charge in [-0.1, -0.05) is 28.1 Å². The number of ether oxygens (including phenoxy) is 1. The number of unbranched alkanes of at least 4 members (excludes halogenated alkanes) is 1. The van der Waals surface area contributed by atoms with E-state index in [1.807, 2.05) is 30.3 Å². The zero-order chi connectivity index (χ0) is 13.7. The van der Waals surface area contributed by atoms with Gasteiger partial charge in [0.1, 0.15) is 5.75 Å². The van der Waals surface area contributed by atoms with Crippen LogP contribution in [0.4, 0.5) is 0 Å². The van der Waals surface area contributed by atoms with Crippen molar-refractivity contribution >= 4 is 32.7 Å². The van der Waals surface area contributed by atoms with Crippen molar-refractivity contribution in [1.82, 2.24) is 0 Å². The summed E-state index contributed by atoms with van der Waals surface area (Å²) < 4.78 is 6.68. The molecule has 0 aromatic heterocycles. The van der Waals surface area contributed by atoms with Gasteiger partial charge in [0.25, 0.3) is 0 Å². The number of hydrogen-bond acceptors (Lipinski definition) is 2. The van der Waals surface area contributed by atoms with E-state index in [9.17, 15) is 4.79 Å². The summed E-state index contributed by atoms with van der Waals surface area (Å²) in [6, 6.07) is 12.1. The van der Waals surface area contributed by atoms with Gasteiger partial charge in [-0.3, -0.25) is 4.79 Å². The van der Waals surface area contributed by atoms with Crippen molar-refractivity contribution in [3.05, 3.63) is 40.9 Å². The molecular formula is C15H15BrO3. The first-order valence-corrected chi connectivity index (χ1v) is 6.98. The number of carbonyl (C=O) groups is 1. The minimum atomic E-state index is -0.753. The first-order valence-electron chi connectivity index (χ1n) is 6.19. The van der Waals surface area contributed by atoms with Crippen molar-refractivity contribution < 1.29 is 14.6 Å². The number of carboxylic acids is 1. The van der Waals surface area contributed by atoms with Crippen molar-refractivity contribution in [1.29, 1.82) is 0 Å². The third kappa shape index (κ3) is 4.24. The third-order valence-electron chi connectivity index (χ3n) is 2.83. The maximum atomic E-state index is 10.4. The lowest BCUT2D eigenvalue weighted by Gasteiger charge is -2.07. The summed E-state index contributed by atoms with van der Waals surface area (Å²) in [6.45, 7) is 0.551. The molecule has 0 radical (unpaired) electrons. The number of halogens is 1. The van der Waals surface area contributed by atoms with E-state index in [1.54, 1.807) is 0 Å². The topological polar surface area (TPSA) is 46.5 Å². The number of hydrogen-bond donors (Lipinski definition) is 1. The summed E-state index contributed by atoms with van der Waals surface area (Å²) in [6.07, 6.45) is 1.61. The molecule has 0 aliphatic heterocycles. The number of rotatable bonds is 6. The van der Waals surface area contributed by atoms with E-state index in [4.69, 9.17) is 9.84 Å². The molecule has 0 bridgehead atoms. The molecule has 0 saturated carbocycles. The smallest absolute Gasteiger partial charge is 0.303 e. The van der Waals surface area contributed by atoms with Crippen LogP contribution in [0.3, 0.4) is 0 Å². The standard InChI is InChI=1S/C15H15BrO3/c16-13-6-4-12-10-14(7-5-11(12)9-13)19-8-2-1-3-15(17)18/h4-7,9-10H,1-3,8H2,(H,17,18). The molecule has 0 spiro atoms. The monoisotopic (exact) mass is 322 g/mol. The third-order valence-corrected chi connectivity index (χ3v) is 3.32. The van der Waals surface area contributed by atoms with Crippen molar-refractivity contribution in [3.63, 3.8) is 0 Å². The van der Waals surface area contributed by atoms with E-state index in [1.165, 1.54) is 0 Å². The highest BCUT2D eigenvalue weighted by molar-refractivity contribution is 9.10. The Kier molecular flexibility index (Phi) is 4.80. The predicted octanol–water partition coefficient (Wildman–Crippen LogP) is 4.24. The summed E-state index contributed by atoms with van der Waals surface area (Å²) in [7, 11) is 0. The van der Waals surface area contributed by atoms with E-state index in [-0.39, 0.29) is 6.42 Å². The van der Waals surface area contributed by atoms with Gasteiger partial charge in [0.15, 0.2) is 0 Å². The molecule has 0 heterocycles. The van der Waals surface area contributed by atoms with Gasteiger partial charge in [-0.25, -0.2) is 0 Å². The molecule has 0 saturated heterocycles. The fourth-order valence-electron chi connectivity index (χ4n) is 1.85. The lowest BCUT2D eigenvalue weighted by Crippen LogP contribution is -2.00. The van der Waals surface area contributed by atoms with E-state index < -0.39 is 5.97 Å². The summed E-state index contributed by atoms with van der Waals surface area (Å²) in [5, 5.41) is 10.8. The van der Waals surface area contributed by atoms with E-state index in [0.29, 0.717) is 13.0 Å². The number of fused-ring (bicyclic) bond motifs is 1.